The zero-order valence-corrected chi connectivity index (χ0v) is 13.3. The first kappa shape index (κ1) is 15.9. The summed E-state index contributed by atoms with van der Waals surface area (Å²) in [6.45, 7) is -0.475. The van der Waals surface area contributed by atoms with Gasteiger partial charge in [-0.1, -0.05) is 24.3 Å². The zero-order valence-electron chi connectivity index (χ0n) is 12.5. The summed E-state index contributed by atoms with van der Waals surface area (Å²) in [6, 6.07) is 11.4. The summed E-state index contributed by atoms with van der Waals surface area (Å²) in [5, 5.41) is 4.39. The van der Waals surface area contributed by atoms with E-state index in [4.69, 9.17) is 0 Å². The van der Waals surface area contributed by atoms with Gasteiger partial charge in [-0.3, -0.25) is 19.3 Å². The van der Waals surface area contributed by atoms with Crippen LogP contribution in [0.15, 0.2) is 47.8 Å². The van der Waals surface area contributed by atoms with Crippen LogP contribution in [-0.4, -0.2) is 40.1 Å². The molecule has 1 aromatic heterocycles. The predicted molar refractivity (Wildman–Crippen MR) is 87.0 cm³/mol. The minimum atomic E-state index is -0.986. The van der Waals surface area contributed by atoms with Crippen molar-refractivity contribution in [2.24, 2.45) is 0 Å². The van der Waals surface area contributed by atoms with Gasteiger partial charge in [-0.05, 0) is 23.6 Å². The third-order valence-electron chi connectivity index (χ3n) is 3.39. The second-order valence-corrected chi connectivity index (χ2v) is 6.09. The van der Waals surface area contributed by atoms with Crippen molar-refractivity contribution in [3.05, 3.63) is 52.7 Å². The fourth-order valence-corrected chi connectivity index (χ4v) is 2.95. The maximum Gasteiger partial charge on any atom is 0.335 e. The van der Waals surface area contributed by atoms with Crippen LogP contribution in [0.4, 0.5) is 10.5 Å². The zero-order chi connectivity index (χ0) is 17.1. The number of hydrogen-bond acceptors (Lipinski definition) is 5. The molecule has 2 aromatic rings. The number of nitrogens with zero attached hydrogens (tertiary/aromatic N) is 2. The number of para-hydroxylation sites is 1. The molecule has 0 radical (unpaired) electrons. The quantitative estimate of drug-likeness (QED) is 0.661. The van der Waals surface area contributed by atoms with Crippen LogP contribution in [-0.2, 0) is 20.9 Å². The minimum Gasteiger partial charge on any atom is -0.325 e. The van der Waals surface area contributed by atoms with Crippen molar-refractivity contribution in [2.45, 2.75) is 6.54 Å². The molecule has 0 unspecified atom stereocenters. The minimum absolute atomic E-state index is 0.0257. The number of hydrogen-bond donors (Lipinski definition) is 1. The molecule has 7 nitrogen and oxygen atoms in total. The normalized spacial score (nSPS) is 14.4. The van der Waals surface area contributed by atoms with Crippen LogP contribution in [0.5, 0.6) is 0 Å². The highest BCUT2D eigenvalue weighted by atomic mass is 32.1. The second kappa shape index (κ2) is 6.63. The maximum atomic E-state index is 12.3. The number of amides is 5. The number of imide groups is 2. The van der Waals surface area contributed by atoms with E-state index in [1.165, 1.54) is 11.3 Å². The predicted octanol–water partition coefficient (Wildman–Crippen LogP) is 1.68. The van der Waals surface area contributed by atoms with E-state index in [-0.39, 0.29) is 6.54 Å². The largest absolute Gasteiger partial charge is 0.335 e. The van der Waals surface area contributed by atoms with Crippen LogP contribution in [0, 0.1) is 0 Å². The Morgan fingerprint density at radius 1 is 0.958 bits per heavy atom. The van der Waals surface area contributed by atoms with Crippen LogP contribution in [0.3, 0.4) is 0 Å². The molecule has 8 heteroatoms. The van der Waals surface area contributed by atoms with Crippen molar-refractivity contribution in [2.75, 3.05) is 11.9 Å². The van der Waals surface area contributed by atoms with Gasteiger partial charge in [0.05, 0.1) is 6.54 Å². The number of carbonyl (C=O) groups excluding carboxylic acids is 4. The molecular weight excluding hydrogens is 330 g/mol. The summed E-state index contributed by atoms with van der Waals surface area (Å²) in [4.78, 5) is 50.5. The number of urea groups is 1. The van der Waals surface area contributed by atoms with E-state index in [0.717, 1.165) is 9.78 Å². The lowest BCUT2D eigenvalue weighted by Crippen LogP contribution is -2.38. The molecule has 1 fully saturated rings. The van der Waals surface area contributed by atoms with Crippen molar-refractivity contribution < 1.29 is 19.2 Å². The molecule has 3 rings (SSSR count). The van der Waals surface area contributed by atoms with Crippen molar-refractivity contribution in [3.8, 4) is 0 Å². The Morgan fingerprint density at radius 2 is 1.67 bits per heavy atom. The average Bonchev–Trinajstić information content (AvgIpc) is 3.15. The number of benzene rings is 1. The van der Waals surface area contributed by atoms with Crippen LogP contribution < -0.4 is 5.32 Å². The standard InChI is InChI=1S/C16H13N3O4S/c20-13(17-11-5-2-1-3-6-11)10-19-15(22)14(21)18(16(19)23)9-12-7-4-8-24-12/h1-8H,9-10H2,(H,17,20). The molecule has 1 aromatic carbocycles. The first-order valence-electron chi connectivity index (χ1n) is 7.11. The van der Waals surface area contributed by atoms with Gasteiger partial charge in [-0.15, -0.1) is 11.3 Å². The van der Waals surface area contributed by atoms with E-state index in [2.05, 4.69) is 5.32 Å². The monoisotopic (exact) mass is 343 g/mol. The molecule has 1 saturated heterocycles. The third kappa shape index (κ3) is 3.18. The summed E-state index contributed by atoms with van der Waals surface area (Å²) in [7, 11) is 0. The van der Waals surface area contributed by atoms with E-state index in [1.54, 1.807) is 42.5 Å². The number of nitrogens with one attached hydrogen (secondary N) is 1. The smallest absolute Gasteiger partial charge is 0.325 e. The number of rotatable bonds is 5. The summed E-state index contributed by atoms with van der Waals surface area (Å²) in [6.07, 6.45) is 0. The van der Waals surface area contributed by atoms with Crippen LogP contribution in [0.1, 0.15) is 4.88 Å². The van der Waals surface area contributed by atoms with Crippen molar-refractivity contribution in [1.29, 1.82) is 0 Å². The average molecular weight is 343 g/mol. The summed E-state index contributed by atoms with van der Waals surface area (Å²) in [5.74, 6) is -2.45. The molecule has 0 saturated carbocycles. The lowest BCUT2D eigenvalue weighted by atomic mass is 10.3. The Kier molecular flexibility index (Phi) is 4.39. The molecule has 1 aliphatic heterocycles. The fraction of sp³-hybridized carbons (Fsp3) is 0.125. The Labute approximate surface area is 141 Å². The molecule has 1 N–H and O–H groups in total. The third-order valence-corrected chi connectivity index (χ3v) is 4.25. The van der Waals surface area contributed by atoms with Crippen LogP contribution in [0.2, 0.25) is 0 Å². The number of anilines is 1. The van der Waals surface area contributed by atoms with Gasteiger partial charge in [-0.2, -0.15) is 0 Å². The summed E-state index contributed by atoms with van der Waals surface area (Å²) < 4.78 is 0. The van der Waals surface area contributed by atoms with E-state index in [1.807, 2.05) is 5.38 Å². The Morgan fingerprint density at radius 3 is 2.33 bits per heavy atom. The van der Waals surface area contributed by atoms with Gasteiger partial charge in [0.15, 0.2) is 0 Å². The topological polar surface area (TPSA) is 86.8 Å². The molecule has 0 spiro atoms. The number of thiophene rings is 1. The molecule has 24 heavy (non-hydrogen) atoms. The SMILES string of the molecule is O=C(CN1C(=O)C(=O)N(Cc2cccs2)C1=O)Nc1ccccc1. The van der Waals surface area contributed by atoms with Gasteiger partial charge in [0, 0.05) is 10.6 Å². The summed E-state index contributed by atoms with van der Waals surface area (Å²) >= 11 is 1.38. The molecule has 0 aliphatic carbocycles. The first-order valence-corrected chi connectivity index (χ1v) is 7.99. The molecule has 122 valence electrons. The van der Waals surface area contributed by atoms with E-state index < -0.39 is 30.3 Å². The van der Waals surface area contributed by atoms with Gasteiger partial charge in [0.1, 0.15) is 6.54 Å². The highest BCUT2D eigenvalue weighted by Crippen LogP contribution is 2.18. The van der Waals surface area contributed by atoms with Gasteiger partial charge in [0.2, 0.25) is 5.91 Å². The first-order chi connectivity index (χ1) is 11.6. The van der Waals surface area contributed by atoms with E-state index in [9.17, 15) is 19.2 Å². The van der Waals surface area contributed by atoms with Gasteiger partial charge < -0.3 is 5.32 Å². The molecule has 1 aliphatic rings. The number of carbonyl (C=O) groups is 4. The fourth-order valence-electron chi connectivity index (χ4n) is 2.25. The van der Waals surface area contributed by atoms with Gasteiger partial charge in [-0.25, -0.2) is 9.69 Å². The highest BCUT2D eigenvalue weighted by Gasteiger charge is 2.45. The van der Waals surface area contributed by atoms with E-state index >= 15 is 0 Å². The van der Waals surface area contributed by atoms with E-state index in [0.29, 0.717) is 10.6 Å². The van der Waals surface area contributed by atoms with Gasteiger partial charge in [0.25, 0.3) is 0 Å². The molecule has 2 heterocycles. The highest BCUT2D eigenvalue weighted by molar-refractivity contribution is 7.09. The van der Waals surface area contributed by atoms with Crippen molar-refractivity contribution >= 4 is 40.8 Å². The molecule has 5 amide bonds. The van der Waals surface area contributed by atoms with Crippen LogP contribution in [0.25, 0.3) is 0 Å². The van der Waals surface area contributed by atoms with Gasteiger partial charge >= 0.3 is 17.8 Å². The van der Waals surface area contributed by atoms with Crippen molar-refractivity contribution in [3.63, 3.8) is 0 Å². The Balaban J connectivity index is 1.67. The van der Waals surface area contributed by atoms with Crippen molar-refractivity contribution in [1.82, 2.24) is 9.80 Å². The second-order valence-electron chi connectivity index (χ2n) is 5.06. The van der Waals surface area contributed by atoms with Crippen LogP contribution >= 0.6 is 11.3 Å². The Bertz CT molecular complexity index is 789. The summed E-state index contributed by atoms with van der Waals surface area (Å²) in [5.41, 5.74) is 0.545. The lowest BCUT2D eigenvalue weighted by molar-refractivity contribution is -0.143. The molecular formula is C16H13N3O4S. The lowest BCUT2D eigenvalue weighted by Gasteiger charge is -2.14. The molecule has 0 bridgehead atoms. The maximum absolute atomic E-state index is 12.3. The molecule has 0 atom stereocenters. The Hall–Kier alpha value is -3.00.